The van der Waals surface area contributed by atoms with Crippen LogP contribution >= 0.6 is 11.6 Å². The minimum absolute atomic E-state index is 0.00809. The molecule has 0 saturated heterocycles. The molecule has 2 aromatic rings. The molecule has 154 valence electrons. The Bertz CT molecular complexity index is 888. The zero-order valence-corrected chi connectivity index (χ0v) is 16.8. The molecular formula is C20H22ClFN4O3. The first-order valence-corrected chi connectivity index (χ1v) is 9.72. The summed E-state index contributed by atoms with van der Waals surface area (Å²) in [5, 5.41) is 13.6. The lowest BCUT2D eigenvalue weighted by Crippen LogP contribution is -2.55. The number of amides is 2. The van der Waals surface area contributed by atoms with Crippen LogP contribution in [0.4, 0.5) is 4.39 Å². The van der Waals surface area contributed by atoms with Crippen LogP contribution in [0.15, 0.2) is 30.3 Å². The van der Waals surface area contributed by atoms with Gasteiger partial charge < -0.3 is 15.4 Å². The molecule has 1 aromatic carbocycles. The first-order chi connectivity index (χ1) is 13.9. The van der Waals surface area contributed by atoms with E-state index in [2.05, 4.69) is 20.8 Å². The quantitative estimate of drug-likeness (QED) is 0.685. The van der Waals surface area contributed by atoms with Crippen molar-refractivity contribution >= 4 is 23.4 Å². The minimum atomic E-state index is -0.606. The van der Waals surface area contributed by atoms with Crippen molar-refractivity contribution in [3.05, 3.63) is 52.6 Å². The van der Waals surface area contributed by atoms with Gasteiger partial charge in [-0.2, -0.15) is 5.10 Å². The van der Waals surface area contributed by atoms with E-state index in [-0.39, 0.29) is 40.4 Å². The lowest BCUT2D eigenvalue weighted by atomic mass is 9.74. The highest BCUT2D eigenvalue weighted by Crippen LogP contribution is 2.34. The van der Waals surface area contributed by atoms with Crippen LogP contribution in [0.2, 0.25) is 5.02 Å². The summed E-state index contributed by atoms with van der Waals surface area (Å²) in [6.07, 6.45) is 3.29. The molecule has 0 spiro atoms. The van der Waals surface area contributed by atoms with E-state index < -0.39 is 5.82 Å². The predicted molar refractivity (Wildman–Crippen MR) is 105 cm³/mol. The van der Waals surface area contributed by atoms with Gasteiger partial charge in [0.1, 0.15) is 11.6 Å². The second-order valence-electron chi connectivity index (χ2n) is 7.11. The number of nitrogens with one attached hydrogen (secondary N) is 2. The Morgan fingerprint density at radius 2 is 2.03 bits per heavy atom. The van der Waals surface area contributed by atoms with Crippen molar-refractivity contribution < 1.29 is 18.7 Å². The van der Waals surface area contributed by atoms with Crippen LogP contribution in [0.1, 0.15) is 41.9 Å². The number of aromatic nitrogens is 2. The largest absolute Gasteiger partial charge is 0.484 e. The van der Waals surface area contributed by atoms with Gasteiger partial charge in [0.05, 0.1) is 10.7 Å². The molecule has 0 aliphatic heterocycles. The Balaban J connectivity index is 1.44. The van der Waals surface area contributed by atoms with Gasteiger partial charge in [-0.3, -0.25) is 9.59 Å². The van der Waals surface area contributed by atoms with Crippen LogP contribution < -0.4 is 15.4 Å². The Morgan fingerprint density at radius 1 is 1.24 bits per heavy atom. The summed E-state index contributed by atoms with van der Waals surface area (Å²) >= 11 is 5.61. The highest BCUT2D eigenvalue weighted by molar-refractivity contribution is 6.30. The van der Waals surface area contributed by atoms with E-state index in [9.17, 15) is 14.0 Å². The molecule has 2 N–H and O–H groups in total. The van der Waals surface area contributed by atoms with Crippen LogP contribution in [0.25, 0.3) is 0 Å². The molecule has 1 aliphatic carbocycles. The van der Waals surface area contributed by atoms with Gasteiger partial charge in [0.15, 0.2) is 12.3 Å². The molecule has 1 heterocycles. The number of halogens is 2. The highest BCUT2D eigenvalue weighted by Gasteiger charge is 2.38. The molecule has 1 fully saturated rings. The molecule has 0 radical (unpaired) electrons. The van der Waals surface area contributed by atoms with E-state index in [4.69, 9.17) is 16.3 Å². The van der Waals surface area contributed by atoms with Crippen molar-refractivity contribution in [1.29, 1.82) is 0 Å². The minimum Gasteiger partial charge on any atom is -0.484 e. The molecule has 0 atom stereocenters. The number of aryl methyl sites for hydroxylation is 1. The number of rotatable bonds is 8. The first kappa shape index (κ1) is 21.0. The van der Waals surface area contributed by atoms with Crippen molar-refractivity contribution in [2.75, 3.05) is 13.2 Å². The second kappa shape index (κ2) is 9.17. The summed E-state index contributed by atoms with van der Waals surface area (Å²) < 4.78 is 18.6. The number of ether oxygens (including phenoxy) is 1. The molecule has 0 bridgehead atoms. The maximum atomic E-state index is 13.4. The maximum Gasteiger partial charge on any atom is 0.272 e. The number of hydrogen-bond acceptors (Lipinski definition) is 5. The topological polar surface area (TPSA) is 93.2 Å². The molecule has 1 saturated carbocycles. The fourth-order valence-electron chi connectivity index (χ4n) is 3.07. The molecule has 29 heavy (non-hydrogen) atoms. The van der Waals surface area contributed by atoms with Gasteiger partial charge in [-0.25, -0.2) is 4.39 Å². The van der Waals surface area contributed by atoms with E-state index in [0.717, 1.165) is 31.0 Å². The summed E-state index contributed by atoms with van der Waals surface area (Å²) in [6, 6.07) is 7.37. The molecule has 3 rings (SSSR count). The van der Waals surface area contributed by atoms with Crippen molar-refractivity contribution in [3.63, 3.8) is 0 Å². The van der Waals surface area contributed by atoms with Gasteiger partial charge in [0.2, 0.25) is 0 Å². The van der Waals surface area contributed by atoms with Gasteiger partial charge in [-0.05, 0) is 56.9 Å². The molecule has 0 unspecified atom stereocenters. The zero-order valence-electron chi connectivity index (χ0n) is 16.0. The normalized spacial score (nSPS) is 14.6. The molecule has 7 nitrogen and oxygen atoms in total. The maximum absolute atomic E-state index is 13.4. The second-order valence-corrected chi connectivity index (χ2v) is 7.52. The van der Waals surface area contributed by atoms with E-state index in [1.54, 1.807) is 19.1 Å². The molecule has 1 aromatic heterocycles. The number of carbonyl (C=O) groups is 2. The van der Waals surface area contributed by atoms with E-state index in [0.29, 0.717) is 13.0 Å². The molecular weight excluding hydrogens is 399 g/mol. The van der Waals surface area contributed by atoms with Crippen LogP contribution in [-0.4, -0.2) is 40.7 Å². The first-order valence-electron chi connectivity index (χ1n) is 9.34. The van der Waals surface area contributed by atoms with Crippen molar-refractivity contribution in [3.8, 4) is 5.75 Å². The van der Waals surface area contributed by atoms with Crippen LogP contribution in [0.5, 0.6) is 5.75 Å². The third-order valence-corrected chi connectivity index (χ3v) is 5.21. The smallest absolute Gasteiger partial charge is 0.272 e. The van der Waals surface area contributed by atoms with Crippen molar-refractivity contribution in [2.45, 2.75) is 38.1 Å². The van der Waals surface area contributed by atoms with Crippen LogP contribution in [0.3, 0.4) is 0 Å². The lowest BCUT2D eigenvalue weighted by molar-refractivity contribution is -0.123. The zero-order chi connectivity index (χ0) is 20.9. The third kappa shape index (κ3) is 5.63. The molecule has 1 aliphatic rings. The van der Waals surface area contributed by atoms with Gasteiger partial charge >= 0.3 is 0 Å². The predicted octanol–water partition coefficient (Wildman–Crippen LogP) is 2.82. The van der Waals surface area contributed by atoms with E-state index in [1.165, 1.54) is 12.1 Å². The summed E-state index contributed by atoms with van der Waals surface area (Å²) in [6.45, 7) is 1.95. The van der Waals surface area contributed by atoms with Gasteiger partial charge in [-0.1, -0.05) is 11.6 Å². The number of benzene rings is 1. The summed E-state index contributed by atoms with van der Waals surface area (Å²) in [7, 11) is 0. The molecule has 9 heteroatoms. The Hall–Kier alpha value is -2.74. The summed E-state index contributed by atoms with van der Waals surface area (Å²) in [5.74, 6) is -0.975. The standard InChI is InChI=1S/C20H22ClFN4O3/c1-13-3-6-17(26-25-13)19(28)24-20(7-2-8-20)9-10-23-18(27)12-29-14-4-5-15(21)16(22)11-14/h3-6,11H,2,7-10,12H2,1H3,(H,23,27)(H,24,28). The molecule has 2 amide bonds. The summed E-state index contributed by atoms with van der Waals surface area (Å²) in [4.78, 5) is 24.4. The monoisotopic (exact) mass is 420 g/mol. The fourth-order valence-corrected chi connectivity index (χ4v) is 3.19. The van der Waals surface area contributed by atoms with Gasteiger partial charge in [0, 0.05) is 18.2 Å². The van der Waals surface area contributed by atoms with E-state index >= 15 is 0 Å². The van der Waals surface area contributed by atoms with Crippen molar-refractivity contribution in [2.24, 2.45) is 0 Å². The van der Waals surface area contributed by atoms with E-state index in [1.807, 2.05) is 0 Å². The Kier molecular flexibility index (Phi) is 6.64. The van der Waals surface area contributed by atoms with Crippen LogP contribution in [0, 0.1) is 12.7 Å². The van der Waals surface area contributed by atoms with Gasteiger partial charge in [0.25, 0.3) is 11.8 Å². The van der Waals surface area contributed by atoms with Crippen LogP contribution in [-0.2, 0) is 4.79 Å². The summed E-state index contributed by atoms with van der Waals surface area (Å²) in [5.41, 5.74) is 0.664. The Morgan fingerprint density at radius 3 is 2.66 bits per heavy atom. The third-order valence-electron chi connectivity index (χ3n) is 4.91. The lowest BCUT2D eigenvalue weighted by Gasteiger charge is -2.42. The SMILES string of the molecule is Cc1ccc(C(=O)NC2(CCNC(=O)COc3ccc(Cl)c(F)c3)CCC2)nn1. The van der Waals surface area contributed by atoms with Gasteiger partial charge in [-0.15, -0.1) is 5.10 Å². The Labute approximate surface area is 173 Å². The average Bonchev–Trinajstić information content (AvgIpc) is 2.67. The van der Waals surface area contributed by atoms with Crippen molar-refractivity contribution in [1.82, 2.24) is 20.8 Å². The highest BCUT2D eigenvalue weighted by atomic mass is 35.5. The number of nitrogens with zero attached hydrogens (tertiary/aromatic N) is 2. The fraction of sp³-hybridized carbons (Fsp3) is 0.400. The number of carbonyl (C=O) groups excluding carboxylic acids is 2. The average molecular weight is 421 g/mol. The number of hydrogen-bond donors (Lipinski definition) is 2.